The highest BCUT2D eigenvalue weighted by molar-refractivity contribution is 7.18. The molecule has 1 fully saturated rings. The van der Waals surface area contributed by atoms with Gasteiger partial charge >= 0.3 is 0 Å². The highest BCUT2D eigenvalue weighted by Gasteiger charge is 2.23. The zero-order chi connectivity index (χ0) is 16.6. The van der Waals surface area contributed by atoms with Gasteiger partial charge in [0.1, 0.15) is 4.83 Å². The van der Waals surface area contributed by atoms with E-state index in [2.05, 4.69) is 11.9 Å². The monoisotopic (exact) mass is 333 g/mol. The summed E-state index contributed by atoms with van der Waals surface area (Å²) in [7, 11) is 0. The topological polar surface area (TPSA) is 55.2 Å². The van der Waals surface area contributed by atoms with Gasteiger partial charge in [-0.2, -0.15) is 0 Å². The van der Waals surface area contributed by atoms with Crippen molar-refractivity contribution in [1.82, 2.24) is 14.5 Å². The second-order valence-corrected chi connectivity index (χ2v) is 7.59. The zero-order valence-electron chi connectivity index (χ0n) is 14.0. The van der Waals surface area contributed by atoms with Gasteiger partial charge in [0.25, 0.3) is 5.56 Å². The predicted octanol–water partition coefficient (Wildman–Crippen LogP) is 2.87. The average Bonchev–Trinajstić information content (AvgIpc) is 2.82. The van der Waals surface area contributed by atoms with Gasteiger partial charge in [-0.3, -0.25) is 14.2 Å². The summed E-state index contributed by atoms with van der Waals surface area (Å²) in [5, 5.41) is 0.703. The molecule has 0 aliphatic carbocycles. The molecule has 1 aliphatic heterocycles. The van der Waals surface area contributed by atoms with Crippen molar-refractivity contribution in [3.8, 4) is 0 Å². The summed E-state index contributed by atoms with van der Waals surface area (Å²) < 4.78 is 1.58. The van der Waals surface area contributed by atoms with E-state index in [1.54, 1.807) is 22.2 Å². The number of hydrogen-bond donors (Lipinski definition) is 0. The quantitative estimate of drug-likeness (QED) is 0.868. The third kappa shape index (κ3) is 3.04. The summed E-state index contributed by atoms with van der Waals surface area (Å²) in [6, 6.07) is 0.315. The molecule has 5 nitrogen and oxygen atoms in total. The summed E-state index contributed by atoms with van der Waals surface area (Å²) in [4.78, 5) is 33.3. The van der Waals surface area contributed by atoms with Crippen molar-refractivity contribution in [3.63, 3.8) is 0 Å². The molecule has 0 saturated carbocycles. The summed E-state index contributed by atoms with van der Waals surface area (Å²) >= 11 is 1.55. The number of nitrogens with zero attached hydrogens (tertiary/aromatic N) is 3. The fourth-order valence-corrected chi connectivity index (χ4v) is 4.25. The third-order valence-corrected chi connectivity index (χ3v) is 5.96. The van der Waals surface area contributed by atoms with E-state index in [9.17, 15) is 9.59 Å². The summed E-state index contributed by atoms with van der Waals surface area (Å²) in [5.41, 5.74) is 0.976. The van der Waals surface area contributed by atoms with E-state index in [1.807, 2.05) is 18.7 Å². The molecule has 0 spiro atoms. The second kappa shape index (κ2) is 6.43. The Labute approximate surface area is 139 Å². The molecule has 0 aromatic carbocycles. The van der Waals surface area contributed by atoms with Crippen molar-refractivity contribution >= 4 is 27.5 Å². The van der Waals surface area contributed by atoms with Crippen molar-refractivity contribution in [1.29, 1.82) is 0 Å². The Morgan fingerprint density at radius 2 is 2.17 bits per heavy atom. The third-order valence-electron chi connectivity index (χ3n) is 4.85. The minimum atomic E-state index is -0.0312. The smallest absolute Gasteiger partial charge is 0.262 e. The summed E-state index contributed by atoms with van der Waals surface area (Å²) in [5.74, 6) is 0.141. The van der Waals surface area contributed by atoms with Crippen LogP contribution in [0.1, 0.15) is 43.0 Å². The van der Waals surface area contributed by atoms with Crippen molar-refractivity contribution in [3.05, 3.63) is 27.1 Å². The normalized spacial score (nSPS) is 18.6. The first-order valence-electron chi connectivity index (χ1n) is 8.23. The molecule has 0 N–H and O–H groups in total. The molecular weight excluding hydrogens is 310 g/mol. The molecule has 0 radical (unpaired) electrons. The van der Waals surface area contributed by atoms with E-state index in [-0.39, 0.29) is 11.5 Å². The standard InChI is InChI=1S/C17H23N3O2S/c1-11-6-4-5-8-20(11)14(21)7-9-19-10-18-16-15(17(19)22)12(2)13(3)23-16/h10-11H,4-9H2,1-3H3/t11-/m1/s1. The highest BCUT2D eigenvalue weighted by atomic mass is 32.1. The number of likely N-dealkylation sites (tertiary alicyclic amines) is 1. The maximum Gasteiger partial charge on any atom is 0.262 e. The number of thiophene rings is 1. The number of aryl methyl sites for hydroxylation is 3. The minimum Gasteiger partial charge on any atom is -0.340 e. The minimum absolute atomic E-state index is 0.0312. The van der Waals surface area contributed by atoms with Crippen LogP contribution in [0.2, 0.25) is 0 Å². The molecule has 6 heteroatoms. The van der Waals surface area contributed by atoms with Gasteiger partial charge in [0.15, 0.2) is 0 Å². The van der Waals surface area contributed by atoms with Crippen LogP contribution in [-0.4, -0.2) is 32.9 Å². The summed E-state index contributed by atoms with van der Waals surface area (Å²) in [6.45, 7) is 7.32. The lowest BCUT2D eigenvalue weighted by Gasteiger charge is -2.33. The van der Waals surface area contributed by atoms with Crippen LogP contribution in [0.4, 0.5) is 0 Å². The number of carbonyl (C=O) groups is 1. The second-order valence-electron chi connectivity index (χ2n) is 6.39. The van der Waals surface area contributed by atoms with Gasteiger partial charge in [0.2, 0.25) is 5.91 Å². The number of fused-ring (bicyclic) bond motifs is 1. The van der Waals surface area contributed by atoms with Crippen LogP contribution in [0, 0.1) is 13.8 Å². The first-order valence-corrected chi connectivity index (χ1v) is 9.05. The van der Waals surface area contributed by atoms with Crippen molar-refractivity contribution in [2.45, 2.75) is 59.0 Å². The molecule has 124 valence electrons. The molecule has 0 unspecified atom stereocenters. The molecular formula is C17H23N3O2S. The maximum atomic E-state index is 12.6. The molecule has 3 rings (SSSR count). The lowest BCUT2D eigenvalue weighted by atomic mass is 10.0. The van der Waals surface area contributed by atoms with Crippen LogP contribution in [0.3, 0.4) is 0 Å². The molecule has 23 heavy (non-hydrogen) atoms. The number of amides is 1. The lowest BCUT2D eigenvalue weighted by Crippen LogP contribution is -2.42. The Hall–Kier alpha value is -1.69. The molecule has 1 atom stereocenters. The molecule has 1 amide bonds. The van der Waals surface area contributed by atoms with Gasteiger partial charge in [0, 0.05) is 30.4 Å². The largest absolute Gasteiger partial charge is 0.340 e. The van der Waals surface area contributed by atoms with Crippen molar-refractivity contribution in [2.24, 2.45) is 0 Å². The van der Waals surface area contributed by atoms with Crippen LogP contribution in [0.25, 0.3) is 10.2 Å². The van der Waals surface area contributed by atoms with Crippen LogP contribution < -0.4 is 5.56 Å². The number of hydrogen-bond acceptors (Lipinski definition) is 4. The molecule has 1 aliphatic rings. The van der Waals surface area contributed by atoms with Crippen LogP contribution in [-0.2, 0) is 11.3 Å². The molecule has 3 heterocycles. The first-order chi connectivity index (χ1) is 11.0. The van der Waals surface area contributed by atoms with Crippen LogP contribution in [0.5, 0.6) is 0 Å². The first kappa shape index (κ1) is 16.2. The van der Waals surface area contributed by atoms with Gasteiger partial charge in [-0.15, -0.1) is 11.3 Å². The Kier molecular flexibility index (Phi) is 4.53. The van der Waals surface area contributed by atoms with E-state index in [0.29, 0.717) is 24.4 Å². The van der Waals surface area contributed by atoms with Crippen molar-refractivity contribution in [2.75, 3.05) is 6.54 Å². The zero-order valence-corrected chi connectivity index (χ0v) is 14.8. The highest BCUT2D eigenvalue weighted by Crippen LogP contribution is 2.25. The Morgan fingerprint density at radius 3 is 2.91 bits per heavy atom. The van der Waals surface area contributed by atoms with Gasteiger partial charge < -0.3 is 4.90 Å². The Morgan fingerprint density at radius 1 is 1.39 bits per heavy atom. The predicted molar refractivity (Wildman–Crippen MR) is 93.0 cm³/mol. The number of piperidine rings is 1. The van der Waals surface area contributed by atoms with E-state index in [1.165, 1.54) is 6.42 Å². The van der Waals surface area contributed by atoms with Crippen LogP contribution >= 0.6 is 11.3 Å². The number of rotatable bonds is 3. The average molecular weight is 333 g/mol. The van der Waals surface area contributed by atoms with Gasteiger partial charge in [-0.1, -0.05) is 0 Å². The molecule has 0 bridgehead atoms. The van der Waals surface area contributed by atoms with E-state index in [4.69, 9.17) is 0 Å². The molecule has 1 saturated heterocycles. The Balaban J connectivity index is 1.77. The van der Waals surface area contributed by atoms with Gasteiger partial charge in [0.05, 0.1) is 11.7 Å². The number of carbonyl (C=O) groups excluding carboxylic acids is 1. The van der Waals surface area contributed by atoms with Gasteiger partial charge in [-0.05, 0) is 45.6 Å². The maximum absolute atomic E-state index is 12.6. The van der Waals surface area contributed by atoms with Gasteiger partial charge in [-0.25, -0.2) is 4.98 Å². The Bertz CT molecular complexity index is 793. The summed E-state index contributed by atoms with van der Waals surface area (Å²) in [6.07, 6.45) is 5.29. The van der Waals surface area contributed by atoms with Crippen LogP contribution in [0.15, 0.2) is 11.1 Å². The van der Waals surface area contributed by atoms with E-state index >= 15 is 0 Å². The fraction of sp³-hybridized carbons (Fsp3) is 0.588. The lowest BCUT2D eigenvalue weighted by molar-refractivity contribution is -0.134. The fourth-order valence-electron chi connectivity index (χ4n) is 3.26. The molecule has 2 aromatic heterocycles. The number of aromatic nitrogens is 2. The van der Waals surface area contributed by atoms with E-state index in [0.717, 1.165) is 34.7 Å². The SMILES string of the molecule is Cc1sc2ncn(CCC(=O)N3CCCC[C@H]3C)c(=O)c2c1C. The molecule has 2 aromatic rings. The van der Waals surface area contributed by atoms with Crippen molar-refractivity contribution < 1.29 is 4.79 Å². The van der Waals surface area contributed by atoms with E-state index < -0.39 is 0 Å².